The van der Waals surface area contributed by atoms with Gasteiger partial charge in [-0.2, -0.15) is 0 Å². The van der Waals surface area contributed by atoms with Crippen LogP contribution >= 0.6 is 23.2 Å². The number of hydrogen-bond donors (Lipinski definition) is 5. The number of benzene rings is 1. The summed E-state index contributed by atoms with van der Waals surface area (Å²) in [7, 11) is 0. The Morgan fingerprint density at radius 1 is 1.23 bits per heavy atom. The van der Waals surface area contributed by atoms with Crippen molar-refractivity contribution in [3.05, 3.63) is 70.1 Å². The normalized spacial score (nSPS) is 12.9. The number of aliphatic hydroxyl groups excluding tert-OH is 2. The second-order valence-corrected chi connectivity index (χ2v) is 8.02. The van der Waals surface area contributed by atoms with Gasteiger partial charge in [0.2, 0.25) is 0 Å². The molecule has 0 unspecified atom stereocenters. The number of carbonyl (C=O) groups excluding carboxylic acids is 1. The fourth-order valence-electron chi connectivity index (χ4n) is 3.13. The van der Waals surface area contributed by atoms with Gasteiger partial charge in [0, 0.05) is 41.2 Å². The molecular formula is C22H24Cl2N4O3. The van der Waals surface area contributed by atoms with Crippen molar-refractivity contribution in [2.75, 3.05) is 18.5 Å². The molecule has 7 nitrogen and oxygen atoms in total. The second kappa shape index (κ2) is 10.6. The highest BCUT2D eigenvalue weighted by atomic mass is 35.5. The number of hydrogen-bond acceptors (Lipinski definition) is 5. The van der Waals surface area contributed by atoms with E-state index in [1.54, 1.807) is 36.5 Å². The van der Waals surface area contributed by atoms with Crippen LogP contribution in [0.1, 0.15) is 35.4 Å². The number of amides is 1. The highest BCUT2D eigenvalue weighted by molar-refractivity contribution is 6.33. The van der Waals surface area contributed by atoms with Gasteiger partial charge in [-0.1, -0.05) is 35.3 Å². The molecule has 3 rings (SSSR count). The number of nitrogens with zero attached hydrogens (tertiary/aromatic N) is 1. The van der Waals surface area contributed by atoms with Crippen molar-refractivity contribution >= 4 is 34.9 Å². The molecular weight excluding hydrogens is 439 g/mol. The summed E-state index contributed by atoms with van der Waals surface area (Å²) in [5, 5.41) is 25.6. The quantitative estimate of drug-likeness (QED) is 0.329. The Balaban J connectivity index is 1.79. The van der Waals surface area contributed by atoms with Crippen molar-refractivity contribution in [1.29, 1.82) is 0 Å². The summed E-state index contributed by atoms with van der Waals surface area (Å²) in [5.74, 6) is 0.249. The van der Waals surface area contributed by atoms with Gasteiger partial charge in [-0.05, 0) is 43.2 Å². The molecule has 164 valence electrons. The predicted octanol–water partition coefficient (Wildman–Crippen LogP) is 4.03. The number of aromatic amines is 1. The lowest BCUT2D eigenvalue weighted by molar-refractivity contribution is 0.0925. The Hall–Kier alpha value is -2.58. The first kappa shape index (κ1) is 23.1. The van der Waals surface area contributed by atoms with Crippen molar-refractivity contribution in [3.8, 4) is 11.1 Å². The van der Waals surface area contributed by atoms with Crippen LogP contribution in [0.4, 0.5) is 5.82 Å². The third kappa shape index (κ3) is 5.98. The maximum absolute atomic E-state index is 12.8. The van der Waals surface area contributed by atoms with Crippen molar-refractivity contribution in [2.24, 2.45) is 0 Å². The lowest BCUT2D eigenvalue weighted by Gasteiger charge is -2.18. The third-order valence-corrected chi connectivity index (χ3v) is 5.27. The Labute approximate surface area is 190 Å². The van der Waals surface area contributed by atoms with Crippen LogP contribution in [0, 0.1) is 0 Å². The summed E-state index contributed by atoms with van der Waals surface area (Å²) in [6.45, 7) is 1.72. The van der Waals surface area contributed by atoms with E-state index in [4.69, 9.17) is 23.2 Å². The van der Waals surface area contributed by atoms with E-state index in [-0.39, 0.29) is 31.2 Å². The van der Waals surface area contributed by atoms with Gasteiger partial charge in [0.1, 0.15) is 11.5 Å². The minimum Gasteiger partial charge on any atom is -0.396 e. The monoisotopic (exact) mass is 462 g/mol. The van der Waals surface area contributed by atoms with Gasteiger partial charge in [-0.3, -0.25) is 4.79 Å². The molecule has 0 aliphatic rings. The largest absolute Gasteiger partial charge is 0.396 e. The maximum Gasteiger partial charge on any atom is 0.268 e. The molecule has 0 aliphatic carbocycles. The Morgan fingerprint density at radius 3 is 2.74 bits per heavy atom. The van der Waals surface area contributed by atoms with Crippen molar-refractivity contribution in [1.82, 2.24) is 15.3 Å². The topological polar surface area (TPSA) is 110 Å². The zero-order valence-electron chi connectivity index (χ0n) is 16.9. The number of carbonyl (C=O) groups is 1. The Morgan fingerprint density at radius 2 is 2.03 bits per heavy atom. The molecule has 2 heterocycles. The molecule has 0 fully saturated rings. The molecule has 5 N–H and O–H groups in total. The first-order valence-electron chi connectivity index (χ1n) is 9.80. The van der Waals surface area contributed by atoms with Crippen LogP contribution in [-0.4, -0.2) is 45.3 Å². The summed E-state index contributed by atoms with van der Waals surface area (Å²) < 4.78 is 0. The average Bonchev–Trinajstić information content (AvgIpc) is 3.25. The first-order chi connectivity index (χ1) is 14.9. The Kier molecular flexibility index (Phi) is 7.92. The van der Waals surface area contributed by atoms with E-state index >= 15 is 0 Å². The summed E-state index contributed by atoms with van der Waals surface area (Å²) in [4.78, 5) is 20.0. The van der Waals surface area contributed by atoms with Crippen molar-refractivity contribution in [2.45, 2.75) is 25.4 Å². The van der Waals surface area contributed by atoms with Gasteiger partial charge >= 0.3 is 0 Å². The van der Waals surface area contributed by atoms with Crippen molar-refractivity contribution in [3.63, 3.8) is 0 Å². The fourth-order valence-corrected chi connectivity index (χ4v) is 3.54. The highest BCUT2D eigenvalue weighted by Crippen LogP contribution is 2.30. The van der Waals surface area contributed by atoms with E-state index in [1.165, 1.54) is 6.20 Å². The van der Waals surface area contributed by atoms with E-state index in [1.807, 2.05) is 13.0 Å². The van der Waals surface area contributed by atoms with Crippen LogP contribution in [0.5, 0.6) is 0 Å². The van der Waals surface area contributed by atoms with Crippen LogP contribution in [0.25, 0.3) is 11.1 Å². The summed E-state index contributed by atoms with van der Waals surface area (Å²) >= 11 is 12.4. The van der Waals surface area contributed by atoms with E-state index in [0.29, 0.717) is 33.5 Å². The number of pyridine rings is 1. The van der Waals surface area contributed by atoms with Gasteiger partial charge in [-0.25, -0.2) is 4.98 Å². The van der Waals surface area contributed by atoms with Gasteiger partial charge < -0.3 is 25.8 Å². The number of aromatic nitrogens is 2. The molecule has 9 heteroatoms. The molecule has 3 aromatic rings. The highest BCUT2D eigenvalue weighted by Gasteiger charge is 2.18. The SMILES string of the molecule is C[C@H](CO)Nc1cc(-c2c[nH]c(C(=O)N[C@H](CCO)c3cccc(Cl)c3)c2)c(Cl)cn1. The molecule has 2 atom stereocenters. The zero-order valence-corrected chi connectivity index (χ0v) is 18.4. The molecule has 0 saturated heterocycles. The molecule has 0 bridgehead atoms. The van der Waals surface area contributed by atoms with Crippen molar-refractivity contribution < 1.29 is 15.0 Å². The lowest BCUT2D eigenvalue weighted by atomic mass is 10.0. The number of aliphatic hydroxyl groups is 2. The van der Waals surface area contributed by atoms with Crippen LogP contribution < -0.4 is 10.6 Å². The Bertz CT molecular complexity index is 1040. The van der Waals surface area contributed by atoms with Gasteiger partial charge in [0.15, 0.2) is 0 Å². The van der Waals surface area contributed by atoms with E-state index < -0.39 is 0 Å². The third-order valence-electron chi connectivity index (χ3n) is 4.74. The van der Waals surface area contributed by atoms with Crippen LogP contribution in [0.15, 0.2) is 48.8 Å². The predicted molar refractivity (Wildman–Crippen MR) is 123 cm³/mol. The summed E-state index contributed by atoms with van der Waals surface area (Å²) in [6, 6.07) is 10.1. The van der Waals surface area contributed by atoms with Crippen LogP contribution in [0.2, 0.25) is 10.0 Å². The molecule has 0 aliphatic heterocycles. The minimum absolute atomic E-state index is 0.0320. The smallest absolute Gasteiger partial charge is 0.268 e. The standard InChI is InChI=1S/C22H24Cl2N4O3/c1-13(12-30)27-21-9-17(18(24)11-26-21)15-8-20(25-10-15)22(31)28-19(5-6-29)14-3-2-4-16(23)7-14/h2-4,7-11,13,19,25,29-30H,5-6,12H2,1H3,(H,26,27)(H,28,31)/t13-,19-/m1/s1. The summed E-state index contributed by atoms with van der Waals surface area (Å²) in [6.07, 6.45) is 3.57. The van der Waals surface area contributed by atoms with Crippen LogP contribution in [-0.2, 0) is 0 Å². The number of nitrogens with one attached hydrogen (secondary N) is 3. The van der Waals surface area contributed by atoms with Crippen LogP contribution in [0.3, 0.4) is 0 Å². The lowest BCUT2D eigenvalue weighted by Crippen LogP contribution is -2.29. The molecule has 0 spiro atoms. The molecule has 2 aromatic heterocycles. The van der Waals surface area contributed by atoms with E-state index in [9.17, 15) is 15.0 Å². The number of rotatable bonds is 9. The number of halogens is 2. The second-order valence-electron chi connectivity index (χ2n) is 7.17. The molecule has 1 amide bonds. The number of anilines is 1. The first-order valence-corrected chi connectivity index (χ1v) is 10.6. The number of H-pyrrole nitrogens is 1. The van der Waals surface area contributed by atoms with E-state index in [0.717, 1.165) is 11.1 Å². The zero-order chi connectivity index (χ0) is 22.4. The maximum atomic E-state index is 12.8. The molecule has 31 heavy (non-hydrogen) atoms. The minimum atomic E-state index is -0.386. The summed E-state index contributed by atoms with van der Waals surface area (Å²) in [5.41, 5.74) is 2.58. The average molecular weight is 463 g/mol. The van der Waals surface area contributed by atoms with Gasteiger partial charge in [0.05, 0.1) is 17.7 Å². The van der Waals surface area contributed by atoms with Gasteiger partial charge in [-0.15, -0.1) is 0 Å². The molecule has 0 radical (unpaired) electrons. The molecule has 1 aromatic carbocycles. The fraction of sp³-hybridized carbons (Fsp3) is 0.273. The van der Waals surface area contributed by atoms with E-state index in [2.05, 4.69) is 20.6 Å². The van der Waals surface area contributed by atoms with Gasteiger partial charge in [0.25, 0.3) is 5.91 Å². The molecule has 0 saturated carbocycles.